The van der Waals surface area contributed by atoms with Crippen LogP contribution in [0.2, 0.25) is 0 Å². The van der Waals surface area contributed by atoms with Gasteiger partial charge in [-0.3, -0.25) is 9.78 Å². The molecule has 28 heavy (non-hydrogen) atoms. The van der Waals surface area contributed by atoms with Crippen molar-refractivity contribution in [2.75, 3.05) is 6.54 Å². The molecule has 0 aromatic carbocycles. The van der Waals surface area contributed by atoms with E-state index in [1.807, 2.05) is 21.7 Å². The largest absolute Gasteiger partial charge is 0.506 e. The van der Waals surface area contributed by atoms with Gasteiger partial charge in [0.2, 0.25) is 0 Å². The standard InChI is InChI=1S/C20H22N6O2/c1-3-13(2)17-19-23-18(14-5-4-8-21-11-14)24-26(19)10-9-25(17)20(28)16-7-6-15(27)12-22-16/h4-8,11-13,17,27H,3,9-10H2,1-2H3/t13-,17-/m0/s1. The van der Waals surface area contributed by atoms with Crippen molar-refractivity contribution >= 4 is 5.91 Å². The van der Waals surface area contributed by atoms with Gasteiger partial charge in [-0.15, -0.1) is 0 Å². The first kappa shape index (κ1) is 18.1. The van der Waals surface area contributed by atoms with Crippen molar-refractivity contribution in [2.45, 2.75) is 32.9 Å². The van der Waals surface area contributed by atoms with Crippen LogP contribution < -0.4 is 0 Å². The van der Waals surface area contributed by atoms with Gasteiger partial charge in [0, 0.05) is 24.5 Å². The predicted molar refractivity (Wildman–Crippen MR) is 102 cm³/mol. The number of aromatic hydroxyl groups is 1. The smallest absolute Gasteiger partial charge is 0.273 e. The molecule has 0 saturated carbocycles. The van der Waals surface area contributed by atoms with Crippen molar-refractivity contribution in [2.24, 2.45) is 5.92 Å². The van der Waals surface area contributed by atoms with E-state index in [0.717, 1.165) is 17.8 Å². The summed E-state index contributed by atoms with van der Waals surface area (Å²) in [6.07, 6.45) is 5.64. The number of rotatable bonds is 4. The number of carbonyl (C=O) groups is 1. The van der Waals surface area contributed by atoms with Gasteiger partial charge in [-0.05, 0) is 30.2 Å². The topological polar surface area (TPSA) is 97.0 Å². The zero-order valence-corrected chi connectivity index (χ0v) is 15.9. The molecular formula is C20H22N6O2. The lowest BCUT2D eigenvalue weighted by Crippen LogP contribution is -2.45. The molecule has 4 rings (SSSR count). The summed E-state index contributed by atoms with van der Waals surface area (Å²) in [5.41, 5.74) is 1.16. The molecule has 1 amide bonds. The first-order chi connectivity index (χ1) is 13.6. The van der Waals surface area contributed by atoms with Crippen molar-refractivity contribution in [3.63, 3.8) is 0 Å². The third kappa shape index (κ3) is 3.21. The molecule has 4 heterocycles. The highest BCUT2D eigenvalue weighted by atomic mass is 16.3. The first-order valence-electron chi connectivity index (χ1n) is 9.39. The second-order valence-electron chi connectivity index (χ2n) is 6.99. The molecule has 0 saturated heterocycles. The van der Waals surface area contributed by atoms with Crippen molar-refractivity contribution in [3.8, 4) is 17.1 Å². The molecule has 1 N–H and O–H groups in total. The molecule has 8 nitrogen and oxygen atoms in total. The molecule has 2 atom stereocenters. The van der Waals surface area contributed by atoms with Crippen molar-refractivity contribution < 1.29 is 9.90 Å². The Morgan fingerprint density at radius 1 is 1.29 bits per heavy atom. The van der Waals surface area contributed by atoms with Crippen LogP contribution in [-0.2, 0) is 6.54 Å². The Kier molecular flexibility index (Phi) is 4.77. The monoisotopic (exact) mass is 378 g/mol. The quantitative estimate of drug-likeness (QED) is 0.750. The molecule has 0 fully saturated rings. The Morgan fingerprint density at radius 2 is 2.14 bits per heavy atom. The molecule has 1 aliphatic heterocycles. The Hall–Kier alpha value is -3.29. The number of carbonyl (C=O) groups excluding carboxylic acids is 1. The van der Waals surface area contributed by atoms with E-state index in [-0.39, 0.29) is 23.6 Å². The fourth-order valence-corrected chi connectivity index (χ4v) is 3.51. The average Bonchev–Trinajstić information content (AvgIpc) is 3.17. The zero-order chi connectivity index (χ0) is 19.7. The Balaban J connectivity index is 1.72. The molecule has 0 radical (unpaired) electrons. The highest BCUT2D eigenvalue weighted by molar-refractivity contribution is 5.92. The Morgan fingerprint density at radius 3 is 2.82 bits per heavy atom. The molecule has 1 aliphatic rings. The van der Waals surface area contributed by atoms with Crippen LogP contribution in [0.4, 0.5) is 0 Å². The minimum absolute atomic E-state index is 0.0366. The van der Waals surface area contributed by atoms with Crippen LogP contribution in [0, 0.1) is 5.92 Å². The number of pyridine rings is 2. The normalized spacial score (nSPS) is 17.2. The summed E-state index contributed by atoms with van der Waals surface area (Å²) in [7, 11) is 0. The van der Waals surface area contributed by atoms with Gasteiger partial charge in [0.15, 0.2) is 11.6 Å². The molecule has 8 heteroatoms. The lowest BCUT2D eigenvalue weighted by molar-refractivity contribution is 0.0512. The van der Waals surface area contributed by atoms with E-state index < -0.39 is 0 Å². The molecule has 0 unspecified atom stereocenters. The predicted octanol–water partition coefficient (Wildman–Crippen LogP) is 2.68. The summed E-state index contributed by atoms with van der Waals surface area (Å²) >= 11 is 0. The summed E-state index contributed by atoms with van der Waals surface area (Å²) in [5.74, 6) is 1.48. The maximum absolute atomic E-state index is 13.1. The summed E-state index contributed by atoms with van der Waals surface area (Å²) in [6.45, 7) is 5.31. The van der Waals surface area contributed by atoms with Gasteiger partial charge >= 0.3 is 0 Å². The Bertz CT molecular complexity index is 970. The lowest BCUT2D eigenvalue weighted by Gasteiger charge is -2.38. The molecule has 144 valence electrons. The zero-order valence-electron chi connectivity index (χ0n) is 15.9. The van der Waals surface area contributed by atoms with Gasteiger partial charge in [0.1, 0.15) is 11.4 Å². The van der Waals surface area contributed by atoms with Crippen LogP contribution in [0.5, 0.6) is 5.75 Å². The van der Waals surface area contributed by atoms with E-state index in [0.29, 0.717) is 24.6 Å². The summed E-state index contributed by atoms with van der Waals surface area (Å²) in [6, 6.07) is 6.61. The second kappa shape index (κ2) is 7.38. The SMILES string of the molecule is CC[C@H](C)[C@H]1c2nc(-c3cccnc3)nn2CCN1C(=O)c1ccc(O)cn1. The highest BCUT2D eigenvalue weighted by Gasteiger charge is 2.37. The number of fused-ring (bicyclic) bond motifs is 1. The summed E-state index contributed by atoms with van der Waals surface area (Å²) in [4.78, 5) is 28.0. The average molecular weight is 378 g/mol. The minimum atomic E-state index is -0.195. The summed E-state index contributed by atoms with van der Waals surface area (Å²) < 4.78 is 1.90. The number of aromatic nitrogens is 5. The van der Waals surface area contributed by atoms with Crippen LogP contribution in [-0.4, -0.2) is 47.2 Å². The molecule has 0 aliphatic carbocycles. The van der Waals surface area contributed by atoms with Crippen LogP contribution in [0.15, 0.2) is 42.9 Å². The van der Waals surface area contributed by atoms with Gasteiger partial charge in [-0.1, -0.05) is 20.3 Å². The summed E-state index contributed by atoms with van der Waals surface area (Å²) in [5, 5.41) is 14.1. The van der Waals surface area contributed by atoms with Crippen LogP contribution >= 0.6 is 0 Å². The van der Waals surface area contributed by atoms with E-state index in [1.54, 1.807) is 18.5 Å². The third-order valence-corrected chi connectivity index (χ3v) is 5.18. The molecule has 0 bridgehead atoms. The van der Waals surface area contributed by atoms with Crippen LogP contribution in [0.1, 0.15) is 42.6 Å². The van der Waals surface area contributed by atoms with Gasteiger partial charge in [-0.2, -0.15) is 5.10 Å². The van der Waals surface area contributed by atoms with E-state index in [9.17, 15) is 9.90 Å². The third-order valence-electron chi connectivity index (χ3n) is 5.18. The van der Waals surface area contributed by atoms with Gasteiger partial charge in [0.05, 0.1) is 18.8 Å². The maximum atomic E-state index is 13.1. The van der Waals surface area contributed by atoms with Gasteiger partial charge in [-0.25, -0.2) is 14.6 Å². The van der Waals surface area contributed by atoms with Crippen LogP contribution in [0.25, 0.3) is 11.4 Å². The maximum Gasteiger partial charge on any atom is 0.273 e. The lowest BCUT2D eigenvalue weighted by atomic mass is 9.95. The molecule has 3 aromatic heterocycles. The van der Waals surface area contributed by atoms with E-state index in [2.05, 4.69) is 28.9 Å². The molecular weight excluding hydrogens is 356 g/mol. The van der Waals surface area contributed by atoms with Crippen LogP contribution in [0.3, 0.4) is 0 Å². The minimum Gasteiger partial charge on any atom is -0.506 e. The van der Waals surface area contributed by atoms with Crippen molar-refractivity contribution in [1.82, 2.24) is 29.6 Å². The van der Waals surface area contributed by atoms with E-state index in [4.69, 9.17) is 4.98 Å². The fraction of sp³-hybridized carbons (Fsp3) is 0.350. The highest BCUT2D eigenvalue weighted by Crippen LogP contribution is 2.34. The number of hydrogen-bond donors (Lipinski definition) is 1. The van der Waals surface area contributed by atoms with E-state index in [1.165, 1.54) is 12.3 Å². The Labute approximate surface area is 162 Å². The molecule has 0 spiro atoms. The first-order valence-corrected chi connectivity index (χ1v) is 9.39. The number of nitrogens with zero attached hydrogens (tertiary/aromatic N) is 6. The van der Waals surface area contributed by atoms with E-state index >= 15 is 0 Å². The van der Waals surface area contributed by atoms with Gasteiger partial charge < -0.3 is 10.0 Å². The molecule has 3 aromatic rings. The number of amides is 1. The second-order valence-corrected chi connectivity index (χ2v) is 6.99. The fourth-order valence-electron chi connectivity index (χ4n) is 3.51. The van der Waals surface area contributed by atoms with Crippen molar-refractivity contribution in [1.29, 1.82) is 0 Å². The van der Waals surface area contributed by atoms with Crippen molar-refractivity contribution in [3.05, 3.63) is 54.4 Å². The number of hydrogen-bond acceptors (Lipinski definition) is 6. The van der Waals surface area contributed by atoms with Gasteiger partial charge in [0.25, 0.3) is 5.91 Å².